The molecule has 32 heavy (non-hydrogen) atoms. The zero-order valence-electron chi connectivity index (χ0n) is 17.0. The van der Waals surface area contributed by atoms with E-state index in [0.29, 0.717) is 23.7 Å². The monoisotopic (exact) mass is 462 g/mol. The number of ether oxygens (including phenoxy) is 1. The molecule has 3 heterocycles. The second-order valence-electron chi connectivity index (χ2n) is 7.16. The molecule has 3 aromatic heterocycles. The van der Waals surface area contributed by atoms with Crippen LogP contribution in [0, 0.1) is 0 Å². The van der Waals surface area contributed by atoms with Crippen LogP contribution in [-0.4, -0.2) is 34.0 Å². The Labute approximate surface area is 188 Å². The van der Waals surface area contributed by atoms with Crippen molar-refractivity contribution >= 4 is 26.1 Å². The van der Waals surface area contributed by atoms with Crippen LogP contribution < -0.4 is 4.74 Å². The summed E-state index contributed by atoms with van der Waals surface area (Å²) < 4.78 is 31.7. The quantitative estimate of drug-likeness (QED) is 0.345. The van der Waals surface area contributed by atoms with Gasteiger partial charge >= 0.3 is 0 Å². The molecule has 0 spiro atoms. The van der Waals surface area contributed by atoms with Gasteiger partial charge in [0.2, 0.25) is 15.0 Å². The van der Waals surface area contributed by atoms with Crippen LogP contribution in [0.1, 0.15) is 5.56 Å². The molecule has 0 N–H and O–H groups in total. The number of hydrogen-bond donors (Lipinski definition) is 0. The van der Waals surface area contributed by atoms with Crippen LogP contribution in [0.3, 0.4) is 0 Å². The van der Waals surface area contributed by atoms with E-state index < -0.39 is 9.84 Å². The van der Waals surface area contributed by atoms with Gasteiger partial charge in [0.05, 0.1) is 11.4 Å². The fourth-order valence-electron chi connectivity index (χ4n) is 3.33. The highest BCUT2D eigenvalue weighted by atomic mass is 32.2. The number of sulfone groups is 1. The van der Waals surface area contributed by atoms with Crippen molar-refractivity contribution in [2.45, 2.75) is 11.8 Å². The van der Waals surface area contributed by atoms with Gasteiger partial charge in [0.15, 0.2) is 4.96 Å². The van der Waals surface area contributed by atoms with E-state index in [0.717, 1.165) is 28.1 Å². The molecule has 0 bridgehead atoms. The Morgan fingerprint density at radius 2 is 1.78 bits per heavy atom. The van der Waals surface area contributed by atoms with E-state index in [2.05, 4.69) is 9.97 Å². The van der Waals surface area contributed by atoms with Crippen molar-refractivity contribution in [2.75, 3.05) is 6.26 Å². The SMILES string of the molecule is CS(=O)(=O)c1nccc(-c2c(-c3ccc(OCc4ccccc4)cc3)nc3sccn23)n1. The minimum Gasteiger partial charge on any atom is -0.489 e. The van der Waals surface area contributed by atoms with Gasteiger partial charge in [-0.2, -0.15) is 0 Å². The van der Waals surface area contributed by atoms with E-state index in [9.17, 15) is 8.42 Å². The van der Waals surface area contributed by atoms with Crippen molar-refractivity contribution in [3.8, 4) is 28.4 Å². The van der Waals surface area contributed by atoms with Crippen LogP contribution in [0.4, 0.5) is 0 Å². The Morgan fingerprint density at radius 3 is 2.53 bits per heavy atom. The molecule has 5 rings (SSSR count). The van der Waals surface area contributed by atoms with Gasteiger partial charge in [0.25, 0.3) is 0 Å². The Bertz CT molecular complexity index is 1490. The highest BCUT2D eigenvalue weighted by molar-refractivity contribution is 7.90. The first-order valence-electron chi connectivity index (χ1n) is 9.75. The third kappa shape index (κ3) is 4.00. The predicted molar refractivity (Wildman–Crippen MR) is 123 cm³/mol. The maximum atomic E-state index is 12.0. The molecule has 0 amide bonds. The number of hydrogen-bond acceptors (Lipinski definition) is 7. The number of aromatic nitrogens is 4. The molecule has 0 radical (unpaired) electrons. The van der Waals surface area contributed by atoms with Crippen molar-refractivity contribution in [1.29, 1.82) is 0 Å². The summed E-state index contributed by atoms with van der Waals surface area (Å²) in [5.41, 5.74) is 3.89. The summed E-state index contributed by atoms with van der Waals surface area (Å²) in [6.07, 6.45) is 4.44. The summed E-state index contributed by atoms with van der Waals surface area (Å²) >= 11 is 1.50. The summed E-state index contributed by atoms with van der Waals surface area (Å²) in [4.78, 5) is 13.8. The number of imidazole rings is 1. The summed E-state index contributed by atoms with van der Waals surface area (Å²) in [7, 11) is -3.53. The lowest BCUT2D eigenvalue weighted by atomic mass is 10.1. The molecular formula is C23H18N4O3S2. The average molecular weight is 463 g/mol. The number of nitrogens with zero attached hydrogens (tertiary/aromatic N) is 4. The Balaban J connectivity index is 1.51. The number of fused-ring (bicyclic) bond motifs is 1. The van der Waals surface area contributed by atoms with Gasteiger partial charge in [-0.3, -0.25) is 4.40 Å². The van der Waals surface area contributed by atoms with Crippen LogP contribution in [-0.2, 0) is 16.4 Å². The topological polar surface area (TPSA) is 86.5 Å². The van der Waals surface area contributed by atoms with E-state index in [1.54, 1.807) is 6.07 Å². The van der Waals surface area contributed by atoms with Gasteiger partial charge < -0.3 is 4.74 Å². The Hall–Kier alpha value is -3.56. The third-order valence-corrected chi connectivity index (χ3v) is 6.46. The average Bonchev–Trinajstić information content (AvgIpc) is 3.40. The molecule has 0 aliphatic rings. The van der Waals surface area contributed by atoms with Crippen LogP contribution in [0.25, 0.3) is 27.6 Å². The zero-order valence-corrected chi connectivity index (χ0v) is 18.7. The first kappa shape index (κ1) is 20.3. The Morgan fingerprint density at radius 1 is 1.00 bits per heavy atom. The van der Waals surface area contributed by atoms with Crippen molar-refractivity contribution < 1.29 is 13.2 Å². The number of benzene rings is 2. The molecule has 9 heteroatoms. The molecule has 0 aliphatic carbocycles. The minimum atomic E-state index is -3.53. The van der Waals surface area contributed by atoms with E-state index in [4.69, 9.17) is 9.72 Å². The molecular weight excluding hydrogens is 444 g/mol. The normalized spacial score (nSPS) is 11.7. The van der Waals surface area contributed by atoms with Gasteiger partial charge in [-0.05, 0) is 35.9 Å². The summed E-state index contributed by atoms with van der Waals surface area (Å²) in [5, 5.41) is 1.71. The lowest BCUT2D eigenvalue weighted by Crippen LogP contribution is -2.05. The highest BCUT2D eigenvalue weighted by Crippen LogP contribution is 2.34. The third-order valence-electron chi connectivity index (χ3n) is 4.85. The van der Waals surface area contributed by atoms with E-state index in [1.165, 1.54) is 17.5 Å². The fraction of sp³-hybridized carbons (Fsp3) is 0.0870. The van der Waals surface area contributed by atoms with E-state index >= 15 is 0 Å². The van der Waals surface area contributed by atoms with Crippen molar-refractivity contribution in [1.82, 2.24) is 19.4 Å². The van der Waals surface area contributed by atoms with Crippen molar-refractivity contribution in [2.24, 2.45) is 0 Å². The van der Waals surface area contributed by atoms with Gasteiger partial charge in [0.1, 0.15) is 18.1 Å². The molecule has 0 saturated heterocycles. The highest BCUT2D eigenvalue weighted by Gasteiger charge is 2.20. The van der Waals surface area contributed by atoms with Crippen molar-refractivity contribution in [3.63, 3.8) is 0 Å². The molecule has 0 fully saturated rings. The molecule has 0 aliphatic heterocycles. The lowest BCUT2D eigenvalue weighted by molar-refractivity contribution is 0.306. The zero-order chi connectivity index (χ0) is 22.1. The molecule has 5 aromatic rings. The standard InChI is InChI=1S/C23H18N4O3S2/c1-32(28,29)22-24-12-11-19(25-22)21-20(26-23-27(21)13-14-31-23)17-7-9-18(10-8-17)30-15-16-5-3-2-4-6-16/h2-14H,15H2,1H3. The minimum absolute atomic E-state index is 0.212. The predicted octanol–water partition coefficient (Wildman–Crippen LogP) is 4.50. The maximum absolute atomic E-state index is 12.0. The van der Waals surface area contributed by atoms with Gasteiger partial charge in [0, 0.05) is 29.6 Å². The lowest BCUT2D eigenvalue weighted by Gasteiger charge is -2.08. The van der Waals surface area contributed by atoms with Crippen molar-refractivity contribution in [3.05, 3.63) is 84.0 Å². The summed E-state index contributed by atoms with van der Waals surface area (Å²) in [6, 6.07) is 19.3. The molecule has 0 saturated carbocycles. The second-order valence-corrected chi connectivity index (χ2v) is 9.94. The van der Waals surface area contributed by atoms with E-state index in [1.807, 2.05) is 70.6 Å². The van der Waals surface area contributed by atoms with E-state index in [-0.39, 0.29) is 5.16 Å². The van der Waals surface area contributed by atoms with Gasteiger partial charge in [-0.15, -0.1) is 11.3 Å². The molecule has 7 nitrogen and oxygen atoms in total. The first-order chi connectivity index (χ1) is 15.5. The second kappa shape index (κ2) is 8.18. The molecule has 2 aromatic carbocycles. The molecule has 0 unspecified atom stereocenters. The van der Waals surface area contributed by atoms with Crippen LogP contribution in [0.2, 0.25) is 0 Å². The molecule has 160 valence electrons. The van der Waals surface area contributed by atoms with Crippen LogP contribution in [0.15, 0.2) is 83.6 Å². The summed E-state index contributed by atoms with van der Waals surface area (Å²) in [5.74, 6) is 0.751. The first-order valence-corrected chi connectivity index (χ1v) is 12.5. The largest absolute Gasteiger partial charge is 0.489 e. The number of rotatable bonds is 6. The van der Waals surface area contributed by atoms with Gasteiger partial charge in [-0.25, -0.2) is 23.4 Å². The van der Waals surface area contributed by atoms with Crippen LogP contribution in [0.5, 0.6) is 5.75 Å². The Kier molecular flexibility index (Phi) is 5.20. The fourth-order valence-corrected chi connectivity index (χ4v) is 4.56. The number of thiazole rings is 1. The van der Waals surface area contributed by atoms with Crippen LogP contribution >= 0.6 is 11.3 Å². The summed E-state index contributed by atoms with van der Waals surface area (Å²) in [6.45, 7) is 0.487. The smallest absolute Gasteiger partial charge is 0.247 e. The van der Waals surface area contributed by atoms with Gasteiger partial charge in [-0.1, -0.05) is 30.3 Å². The molecule has 0 atom stereocenters. The maximum Gasteiger partial charge on any atom is 0.247 e.